The molecule has 7 heteroatoms. The molecule has 24 heavy (non-hydrogen) atoms. The summed E-state index contributed by atoms with van der Waals surface area (Å²) in [5, 5.41) is 11.4. The highest BCUT2D eigenvalue weighted by atomic mass is 16.5. The maximum atomic E-state index is 11.5. The SMILES string of the molecule is COc1cc2c(cc1OC)CN(C[C@H](C)NC(=O)CNO)CCC2. The number of hydroxylamine groups is 1. The summed E-state index contributed by atoms with van der Waals surface area (Å²) in [6.45, 7) is 4.41. The van der Waals surface area contributed by atoms with Crippen molar-refractivity contribution in [2.45, 2.75) is 32.4 Å². The Morgan fingerprint density at radius 2 is 1.96 bits per heavy atom. The molecule has 2 rings (SSSR count). The lowest BCUT2D eigenvalue weighted by molar-refractivity contribution is -0.122. The summed E-state index contributed by atoms with van der Waals surface area (Å²) in [5.74, 6) is 1.29. The van der Waals surface area contributed by atoms with Gasteiger partial charge < -0.3 is 20.0 Å². The second-order valence-electron chi connectivity index (χ2n) is 6.12. The van der Waals surface area contributed by atoms with Gasteiger partial charge in [0, 0.05) is 19.1 Å². The molecular weight excluding hydrogens is 310 g/mol. The Morgan fingerprint density at radius 1 is 1.29 bits per heavy atom. The van der Waals surface area contributed by atoms with E-state index in [0.717, 1.165) is 44.0 Å². The number of methoxy groups -OCH3 is 2. The molecule has 0 saturated carbocycles. The molecule has 1 aromatic rings. The van der Waals surface area contributed by atoms with Crippen LogP contribution < -0.4 is 20.3 Å². The molecule has 1 atom stereocenters. The second kappa shape index (κ2) is 8.86. The molecule has 1 aromatic carbocycles. The molecule has 0 unspecified atom stereocenters. The first kappa shape index (κ1) is 18.5. The lowest BCUT2D eigenvalue weighted by Crippen LogP contribution is -2.44. The molecule has 0 fully saturated rings. The highest BCUT2D eigenvalue weighted by molar-refractivity contribution is 5.78. The number of amides is 1. The number of carbonyl (C=O) groups excluding carboxylic acids is 1. The highest BCUT2D eigenvalue weighted by Gasteiger charge is 2.19. The lowest BCUT2D eigenvalue weighted by atomic mass is 10.0. The average Bonchev–Trinajstić information content (AvgIpc) is 2.74. The predicted molar refractivity (Wildman–Crippen MR) is 90.5 cm³/mol. The Morgan fingerprint density at radius 3 is 2.58 bits per heavy atom. The van der Waals surface area contributed by atoms with Gasteiger partial charge in [-0.15, -0.1) is 0 Å². The van der Waals surface area contributed by atoms with E-state index in [9.17, 15) is 4.79 Å². The quantitative estimate of drug-likeness (QED) is 0.642. The van der Waals surface area contributed by atoms with Gasteiger partial charge in [-0.2, -0.15) is 5.48 Å². The van der Waals surface area contributed by atoms with Crippen molar-refractivity contribution in [3.05, 3.63) is 23.3 Å². The third-order valence-corrected chi connectivity index (χ3v) is 4.20. The summed E-state index contributed by atoms with van der Waals surface area (Å²) < 4.78 is 10.8. The van der Waals surface area contributed by atoms with Crippen molar-refractivity contribution >= 4 is 5.91 Å². The maximum Gasteiger partial charge on any atom is 0.236 e. The van der Waals surface area contributed by atoms with Gasteiger partial charge in [0.25, 0.3) is 0 Å². The van der Waals surface area contributed by atoms with Gasteiger partial charge in [-0.05, 0) is 49.6 Å². The molecule has 0 spiro atoms. The van der Waals surface area contributed by atoms with Crippen LogP contribution in [0.15, 0.2) is 12.1 Å². The summed E-state index contributed by atoms with van der Waals surface area (Å²) in [6, 6.07) is 4.12. The summed E-state index contributed by atoms with van der Waals surface area (Å²) in [5.41, 5.74) is 4.40. The van der Waals surface area contributed by atoms with Gasteiger partial charge in [-0.25, -0.2) is 0 Å². The van der Waals surface area contributed by atoms with Crippen molar-refractivity contribution in [3.63, 3.8) is 0 Å². The number of carbonyl (C=O) groups is 1. The number of aryl methyl sites for hydroxylation is 1. The Hall–Kier alpha value is -1.83. The zero-order chi connectivity index (χ0) is 17.5. The average molecular weight is 337 g/mol. The molecule has 0 saturated heterocycles. The van der Waals surface area contributed by atoms with Gasteiger partial charge in [0.05, 0.1) is 20.8 Å². The Kier molecular flexibility index (Phi) is 6.84. The van der Waals surface area contributed by atoms with E-state index >= 15 is 0 Å². The fourth-order valence-electron chi connectivity index (χ4n) is 3.14. The first-order valence-corrected chi connectivity index (χ1v) is 8.19. The van der Waals surface area contributed by atoms with E-state index in [4.69, 9.17) is 14.7 Å². The minimum Gasteiger partial charge on any atom is -0.493 e. The first-order valence-electron chi connectivity index (χ1n) is 8.19. The number of hydrogen-bond acceptors (Lipinski definition) is 6. The fraction of sp³-hybridized carbons (Fsp3) is 0.588. The number of benzene rings is 1. The van der Waals surface area contributed by atoms with E-state index in [-0.39, 0.29) is 18.5 Å². The third kappa shape index (κ3) is 4.83. The number of ether oxygens (including phenoxy) is 2. The van der Waals surface area contributed by atoms with E-state index < -0.39 is 0 Å². The minimum absolute atomic E-state index is 0.00699. The highest BCUT2D eigenvalue weighted by Crippen LogP contribution is 2.33. The van der Waals surface area contributed by atoms with Gasteiger partial charge in [0.1, 0.15) is 0 Å². The van der Waals surface area contributed by atoms with Crippen molar-refractivity contribution < 1.29 is 19.5 Å². The predicted octanol–water partition coefficient (Wildman–Crippen LogP) is 0.936. The molecular formula is C17H27N3O4. The molecule has 1 amide bonds. The molecule has 1 heterocycles. The molecule has 0 aliphatic carbocycles. The van der Waals surface area contributed by atoms with Crippen molar-refractivity contribution in [1.29, 1.82) is 0 Å². The molecule has 0 bridgehead atoms. The van der Waals surface area contributed by atoms with Crippen LogP contribution in [0.5, 0.6) is 11.5 Å². The van der Waals surface area contributed by atoms with Gasteiger partial charge in [0.15, 0.2) is 11.5 Å². The third-order valence-electron chi connectivity index (χ3n) is 4.20. The smallest absolute Gasteiger partial charge is 0.236 e. The largest absolute Gasteiger partial charge is 0.493 e. The van der Waals surface area contributed by atoms with Crippen LogP contribution in [0, 0.1) is 0 Å². The van der Waals surface area contributed by atoms with E-state index in [1.807, 2.05) is 18.5 Å². The Bertz CT molecular complexity index is 565. The molecule has 7 nitrogen and oxygen atoms in total. The van der Waals surface area contributed by atoms with E-state index in [0.29, 0.717) is 0 Å². The number of nitrogens with one attached hydrogen (secondary N) is 2. The molecule has 134 valence electrons. The van der Waals surface area contributed by atoms with Crippen LogP contribution in [0.1, 0.15) is 24.5 Å². The number of nitrogens with zero attached hydrogens (tertiary/aromatic N) is 1. The van der Waals surface area contributed by atoms with Gasteiger partial charge in [-0.3, -0.25) is 9.69 Å². The maximum absolute atomic E-state index is 11.5. The van der Waals surface area contributed by atoms with Crippen LogP contribution in [-0.4, -0.2) is 55.9 Å². The zero-order valence-corrected chi connectivity index (χ0v) is 14.6. The van der Waals surface area contributed by atoms with E-state index in [1.54, 1.807) is 14.2 Å². The van der Waals surface area contributed by atoms with Gasteiger partial charge in [-0.1, -0.05) is 0 Å². The van der Waals surface area contributed by atoms with Crippen LogP contribution in [-0.2, 0) is 17.8 Å². The molecule has 3 N–H and O–H groups in total. The van der Waals surface area contributed by atoms with Crippen molar-refractivity contribution in [2.75, 3.05) is 33.9 Å². The number of fused-ring (bicyclic) bond motifs is 1. The summed E-state index contributed by atoms with van der Waals surface area (Å²) in [6.07, 6.45) is 2.06. The standard InChI is InChI=1S/C17H27N3O4/c1-12(19-17(21)9-18-22)10-20-6-4-5-13-7-15(23-2)16(24-3)8-14(13)11-20/h7-8,12,18,22H,4-6,9-11H2,1-3H3,(H,19,21)/t12-/m0/s1. The van der Waals surface area contributed by atoms with E-state index in [2.05, 4.69) is 16.3 Å². The van der Waals surface area contributed by atoms with Gasteiger partial charge in [0.2, 0.25) is 5.91 Å². The monoisotopic (exact) mass is 337 g/mol. The van der Waals surface area contributed by atoms with Crippen LogP contribution in [0.2, 0.25) is 0 Å². The van der Waals surface area contributed by atoms with Crippen molar-refractivity contribution in [2.24, 2.45) is 0 Å². The summed E-state index contributed by atoms with van der Waals surface area (Å²) in [7, 11) is 3.30. The first-order chi connectivity index (χ1) is 11.6. The second-order valence-corrected chi connectivity index (χ2v) is 6.12. The van der Waals surface area contributed by atoms with Crippen molar-refractivity contribution in [1.82, 2.24) is 15.7 Å². The normalized spacial score (nSPS) is 16.0. The molecule has 0 radical (unpaired) electrons. The fourth-order valence-corrected chi connectivity index (χ4v) is 3.14. The molecule has 1 aliphatic heterocycles. The van der Waals surface area contributed by atoms with Crippen molar-refractivity contribution in [3.8, 4) is 11.5 Å². The Balaban J connectivity index is 2.04. The Labute approximate surface area is 142 Å². The molecule has 0 aromatic heterocycles. The van der Waals surface area contributed by atoms with Crippen LogP contribution in [0.4, 0.5) is 0 Å². The number of hydrogen-bond donors (Lipinski definition) is 3. The zero-order valence-electron chi connectivity index (χ0n) is 14.6. The van der Waals surface area contributed by atoms with E-state index in [1.165, 1.54) is 11.1 Å². The van der Waals surface area contributed by atoms with Gasteiger partial charge >= 0.3 is 0 Å². The summed E-state index contributed by atoms with van der Waals surface area (Å²) in [4.78, 5) is 13.9. The lowest BCUT2D eigenvalue weighted by Gasteiger charge is -2.25. The minimum atomic E-state index is -0.216. The summed E-state index contributed by atoms with van der Waals surface area (Å²) >= 11 is 0. The topological polar surface area (TPSA) is 83.1 Å². The van der Waals surface area contributed by atoms with Crippen LogP contribution in [0.25, 0.3) is 0 Å². The van der Waals surface area contributed by atoms with Crippen LogP contribution in [0.3, 0.4) is 0 Å². The number of rotatable bonds is 7. The molecule has 1 aliphatic rings. The van der Waals surface area contributed by atoms with Crippen LogP contribution >= 0.6 is 0 Å².